The molecule has 72 valence electrons. The summed E-state index contributed by atoms with van der Waals surface area (Å²) in [5.74, 6) is 0.420. The van der Waals surface area contributed by atoms with Crippen LogP contribution in [-0.4, -0.2) is 0 Å². The molecule has 4 N–H and O–H groups in total. The van der Waals surface area contributed by atoms with Gasteiger partial charge in [0.1, 0.15) is 0 Å². The molecule has 0 aromatic heterocycles. The van der Waals surface area contributed by atoms with E-state index < -0.39 is 0 Å². The number of benzene rings is 1. The first-order valence-electron chi connectivity index (χ1n) is 4.64. The molecule has 0 aliphatic rings. The first-order valence-corrected chi connectivity index (χ1v) is 4.64. The van der Waals surface area contributed by atoms with Crippen molar-refractivity contribution in [3.8, 4) is 0 Å². The maximum Gasteiger partial charge on any atom is 0.0392 e. The van der Waals surface area contributed by atoms with Gasteiger partial charge in [0.2, 0.25) is 0 Å². The van der Waals surface area contributed by atoms with E-state index in [1.165, 1.54) is 0 Å². The van der Waals surface area contributed by atoms with Gasteiger partial charge in [0.25, 0.3) is 0 Å². The van der Waals surface area contributed by atoms with Crippen LogP contribution in [0.3, 0.4) is 0 Å². The fourth-order valence-electron chi connectivity index (χ4n) is 1.35. The summed E-state index contributed by atoms with van der Waals surface area (Å²) in [6.07, 6.45) is 0. The predicted molar refractivity (Wildman–Crippen MR) is 57.4 cm³/mol. The van der Waals surface area contributed by atoms with Crippen LogP contribution in [0.15, 0.2) is 18.2 Å². The van der Waals surface area contributed by atoms with E-state index in [0.29, 0.717) is 5.92 Å². The van der Waals surface area contributed by atoms with Crippen molar-refractivity contribution in [3.05, 3.63) is 29.3 Å². The fourth-order valence-corrected chi connectivity index (χ4v) is 1.35. The monoisotopic (exact) mass is 178 g/mol. The summed E-state index contributed by atoms with van der Waals surface area (Å²) in [4.78, 5) is 0. The minimum absolute atomic E-state index is 0.0416. The maximum absolute atomic E-state index is 6.03. The Morgan fingerprint density at radius 2 is 1.85 bits per heavy atom. The molecular weight excluding hydrogens is 160 g/mol. The van der Waals surface area contributed by atoms with Gasteiger partial charge in [0.15, 0.2) is 0 Å². The summed E-state index contributed by atoms with van der Waals surface area (Å²) in [7, 11) is 0. The Balaban J connectivity index is 3.07. The molecule has 2 heteroatoms. The van der Waals surface area contributed by atoms with Gasteiger partial charge in [-0.2, -0.15) is 0 Å². The highest BCUT2D eigenvalue weighted by Gasteiger charge is 2.13. The lowest BCUT2D eigenvalue weighted by Crippen LogP contribution is -2.18. The van der Waals surface area contributed by atoms with E-state index in [-0.39, 0.29) is 6.04 Å². The topological polar surface area (TPSA) is 52.0 Å². The number of nitrogen functional groups attached to an aromatic ring is 1. The van der Waals surface area contributed by atoms with Crippen molar-refractivity contribution < 1.29 is 0 Å². The van der Waals surface area contributed by atoms with E-state index in [1.54, 1.807) is 0 Å². The normalized spacial score (nSPS) is 13.3. The minimum Gasteiger partial charge on any atom is -0.398 e. The SMILES string of the molecule is Cc1cccc([C@H](N)C(C)C)c1N. The predicted octanol–water partition coefficient (Wildman–Crippen LogP) is 2.23. The molecule has 13 heavy (non-hydrogen) atoms. The summed E-state index contributed by atoms with van der Waals surface area (Å²) in [5.41, 5.74) is 15.0. The van der Waals surface area contributed by atoms with Gasteiger partial charge >= 0.3 is 0 Å². The molecule has 2 nitrogen and oxygen atoms in total. The highest BCUT2D eigenvalue weighted by molar-refractivity contribution is 5.54. The highest BCUT2D eigenvalue weighted by atomic mass is 14.7. The molecule has 1 aromatic rings. The number of para-hydroxylation sites is 1. The molecule has 0 saturated heterocycles. The van der Waals surface area contributed by atoms with E-state index in [9.17, 15) is 0 Å². The lowest BCUT2D eigenvalue weighted by Gasteiger charge is -2.18. The van der Waals surface area contributed by atoms with Gasteiger partial charge in [0.05, 0.1) is 0 Å². The Morgan fingerprint density at radius 3 is 2.38 bits per heavy atom. The van der Waals surface area contributed by atoms with Crippen LogP contribution < -0.4 is 11.5 Å². The summed E-state index contributed by atoms with van der Waals surface area (Å²) < 4.78 is 0. The number of anilines is 1. The molecule has 0 aliphatic heterocycles. The van der Waals surface area contributed by atoms with Crippen LogP contribution in [0.4, 0.5) is 5.69 Å². The third kappa shape index (κ3) is 2.01. The molecular formula is C11H18N2. The molecule has 0 fully saturated rings. The number of hydrogen-bond donors (Lipinski definition) is 2. The zero-order valence-electron chi connectivity index (χ0n) is 8.54. The van der Waals surface area contributed by atoms with Crippen LogP contribution in [0.1, 0.15) is 31.0 Å². The Morgan fingerprint density at radius 1 is 1.23 bits per heavy atom. The van der Waals surface area contributed by atoms with E-state index in [1.807, 2.05) is 25.1 Å². The number of hydrogen-bond acceptors (Lipinski definition) is 2. The van der Waals surface area contributed by atoms with Crippen LogP contribution in [-0.2, 0) is 0 Å². The molecule has 0 spiro atoms. The quantitative estimate of drug-likeness (QED) is 0.682. The smallest absolute Gasteiger partial charge is 0.0392 e. The maximum atomic E-state index is 6.03. The summed E-state index contributed by atoms with van der Waals surface area (Å²) in [5, 5.41) is 0. The first kappa shape index (κ1) is 10.1. The van der Waals surface area contributed by atoms with Gasteiger partial charge < -0.3 is 11.5 Å². The van der Waals surface area contributed by atoms with E-state index >= 15 is 0 Å². The molecule has 1 aromatic carbocycles. The second-order valence-electron chi connectivity index (χ2n) is 3.85. The van der Waals surface area contributed by atoms with Gasteiger partial charge in [-0.25, -0.2) is 0 Å². The standard InChI is InChI=1S/C11H18N2/c1-7(2)10(12)9-6-4-5-8(3)11(9)13/h4-7,10H,12-13H2,1-3H3/t10-/m1/s1. The molecule has 1 atom stereocenters. The Bertz CT molecular complexity index is 292. The number of nitrogens with two attached hydrogens (primary N) is 2. The van der Waals surface area contributed by atoms with Crippen LogP contribution >= 0.6 is 0 Å². The molecule has 0 saturated carbocycles. The lowest BCUT2D eigenvalue weighted by atomic mass is 9.94. The van der Waals surface area contributed by atoms with Crippen LogP contribution in [0.25, 0.3) is 0 Å². The summed E-state index contributed by atoms with van der Waals surface area (Å²) in [6.45, 7) is 6.21. The fraction of sp³-hybridized carbons (Fsp3) is 0.455. The lowest BCUT2D eigenvalue weighted by molar-refractivity contribution is 0.515. The van der Waals surface area contributed by atoms with Gasteiger partial charge in [-0.1, -0.05) is 32.0 Å². The average Bonchev–Trinajstić information content (AvgIpc) is 2.08. The van der Waals surface area contributed by atoms with Crippen LogP contribution in [0.2, 0.25) is 0 Å². The van der Waals surface area contributed by atoms with Gasteiger partial charge in [0, 0.05) is 11.7 Å². The van der Waals surface area contributed by atoms with Crippen molar-refractivity contribution in [2.75, 3.05) is 5.73 Å². The second-order valence-corrected chi connectivity index (χ2v) is 3.85. The number of rotatable bonds is 2. The molecule has 0 radical (unpaired) electrons. The third-order valence-corrected chi connectivity index (χ3v) is 2.44. The second kappa shape index (κ2) is 3.79. The highest BCUT2D eigenvalue weighted by Crippen LogP contribution is 2.26. The first-order chi connectivity index (χ1) is 6.04. The number of aryl methyl sites for hydroxylation is 1. The van der Waals surface area contributed by atoms with Crippen molar-refractivity contribution >= 4 is 5.69 Å². The Kier molecular flexibility index (Phi) is 2.94. The molecule has 1 rings (SSSR count). The largest absolute Gasteiger partial charge is 0.398 e. The molecule has 0 amide bonds. The molecule has 0 unspecified atom stereocenters. The Hall–Kier alpha value is -1.02. The molecule has 0 aliphatic carbocycles. The van der Waals surface area contributed by atoms with Crippen molar-refractivity contribution in [2.45, 2.75) is 26.8 Å². The van der Waals surface area contributed by atoms with E-state index in [0.717, 1.165) is 16.8 Å². The molecule has 0 bridgehead atoms. The Labute approximate surface area is 79.9 Å². The van der Waals surface area contributed by atoms with Crippen molar-refractivity contribution in [1.29, 1.82) is 0 Å². The van der Waals surface area contributed by atoms with Gasteiger partial charge in [-0.3, -0.25) is 0 Å². The van der Waals surface area contributed by atoms with Gasteiger partial charge in [-0.15, -0.1) is 0 Å². The molecule has 0 heterocycles. The van der Waals surface area contributed by atoms with Crippen LogP contribution in [0, 0.1) is 12.8 Å². The summed E-state index contributed by atoms with van der Waals surface area (Å²) >= 11 is 0. The van der Waals surface area contributed by atoms with Crippen molar-refractivity contribution in [2.24, 2.45) is 11.7 Å². The zero-order valence-corrected chi connectivity index (χ0v) is 8.54. The van der Waals surface area contributed by atoms with E-state index in [2.05, 4.69) is 13.8 Å². The average molecular weight is 178 g/mol. The summed E-state index contributed by atoms with van der Waals surface area (Å²) in [6, 6.07) is 6.06. The van der Waals surface area contributed by atoms with E-state index in [4.69, 9.17) is 11.5 Å². The zero-order chi connectivity index (χ0) is 10.0. The van der Waals surface area contributed by atoms with Crippen molar-refractivity contribution in [3.63, 3.8) is 0 Å². The minimum atomic E-state index is 0.0416. The van der Waals surface area contributed by atoms with Gasteiger partial charge in [-0.05, 0) is 24.0 Å². The van der Waals surface area contributed by atoms with Crippen molar-refractivity contribution in [1.82, 2.24) is 0 Å². The third-order valence-electron chi connectivity index (χ3n) is 2.44. The van der Waals surface area contributed by atoms with Crippen LogP contribution in [0.5, 0.6) is 0 Å².